The molecule has 37 heavy (non-hydrogen) atoms. The van der Waals surface area contributed by atoms with E-state index in [4.69, 9.17) is 15.0 Å². The molecule has 0 aliphatic rings. The SMILES string of the molecule is CCN(CC)c1ccc(-c2nc(-c3ccccc3)nc(-c3ccc4ccccc4c3)n2)c(NC(C)=O)c1. The zero-order valence-electron chi connectivity index (χ0n) is 21.3. The molecule has 1 amide bonds. The van der Waals surface area contributed by atoms with E-state index in [9.17, 15) is 4.79 Å². The summed E-state index contributed by atoms with van der Waals surface area (Å²) in [5.41, 5.74) is 4.25. The summed E-state index contributed by atoms with van der Waals surface area (Å²) in [6.07, 6.45) is 0. The van der Waals surface area contributed by atoms with Gasteiger partial charge in [-0.3, -0.25) is 4.79 Å². The summed E-state index contributed by atoms with van der Waals surface area (Å²) in [5, 5.41) is 5.26. The minimum absolute atomic E-state index is 0.148. The van der Waals surface area contributed by atoms with Gasteiger partial charge in [-0.2, -0.15) is 0 Å². The smallest absolute Gasteiger partial charge is 0.221 e. The second kappa shape index (κ2) is 10.6. The van der Waals surface area contributed by atoms with Gasteiger partial charge in [0.1, 0.15) is 0 Å². The van der Waals surface area contributed by atoms with Crippen LogP contribution in [0.25, 0.3) is 44.9 Å². The van der Waals surface area contributed by atoms with Crippen LogP contribution in [-0.4, -0.2) is 33.9 Å². The van der Waals surface area contributed by atoms with E-state index in [-0.39, 0.29) is 5.91 Å². The average molecular weight is 488 g/mol. The number of rotatable bonds is 7. The van der Waals surface area contributed by atoms with Crippen LogP contribution in [0.15, 0.2) is 91.0 Å². The number of fused-ring (bicyclic) bond motifs is 1. The standard InChI is InChI=1S/C31H29N5O/c1-4-36(5-2)26-17-18-27(28(20-26)32-21(3)37)31-34-29(23-12-7-6-8-13-23)33-30(35-31)25-16-15-22-11-9-10-14-24(22)19-25/h6-20H,4-5H2,1-3H3,(H,32,37). The zero-order chi connectivity index (χ0) is 25.8. The van der Waals surface area contributed by atoms with Crippen LogP contribution in [0.3, 0.4) is 0 Å². The molecule has 1 N–H and O–H groups in total. The Morgan fingerprint density at radius 1 is 0.703 bits per heavy atom. The predicted molar refractivity (Wildman–Crippen MR) is 152 cm³/mol. The van der Waals surface area contributed by atoms with Gasteiger partial charge in [0.2, 0.25) is 5.91 Å². The Labute approximate surface area is 217 Å². The lowest BCUT2D eigenvalue weighted by molar-refractivity contribution is -0.114. The van der Waals surface area contributed by atoms with E-state index < -0.39 is 0 Å². The van der Waals surface area contributed by atoms with Gasteiger partial charge >= 0.3 is 0 Å². The van der Waals surface area contributed by atoms with Crippen LogP contribution in [0.1, 0.15) is 20.8 Å². The molecule has 0 bridgehead atoms. The third-order valence-electron chi connectivity index (χ3n) is 6.36. The third kappa shape index (κ3) is 5.19. The van der Waals surface area contributed by atoms with Crippen molar-refractivity contribution in [1.82, 2.24) is 15.0 Å². The molecule has 0 radical (unpaired) electrons. The van der Waals surface area contributed by atoms with Crippen LogP contribution < -0.4 is 10.2 Å². The van der Waals surface area contributed by atoms with Gasteiger partial charge < -0.3 is 10.2 Å². The Kier molecular flexibility index (Phi) is 6.90. The van der Waals surface area contributed by atoms with Crippen molar-refractivity contribution in [1.29, 1.82) is 0 Å². The van der Waals surface area contributed by atoms with Crippen LogP contribution >= 0.6 is 0 Å². The van der Waals surface area contributed by atoms with Crippen molar-refractivity contribution in [3.05, 3.63) is 91.0 Å². The van der Waals surface area contributed by atoms with E-state index in [0.717, 1.165) is 46.2 Å². The van der Waals surface area contributed by atoms with Crippen molar-refractivity contribution < 1.29 is 4.79 Å². The van der Waals surface area contributed by atoms with Crippen LogP contribution in [0.5, 0.6) is 0 Å². The molecule has 0 aliphatic heterocycles. The first kappa shape index (κ1) is 24.1. The maximum atomic E-state index is 12.1. The molecule has 6 heteroatoms. The minimum atomic E-state index is -0.148. The molecule has 0 fully saturated rings. The van der Waals surface area contributed by atoms with Gasteiger partial charge in [-0.15, -0.1) is 0 Å². The molecular formula is C31H29N5O. The quantitative estimate of drug-likeness (QED) is 0.272. The fourth-order valence-corrected chi connectivity index (χ4v) is 4.48. The molecule has 0 unspecified atom stereocenters. The lowest BCUT2D eigenvalue weighted by atomic mass is 10.1. The fourth-order valence-electron chi connectivity index (χ4n) is 4.48. The summed E-state index contributed by atoms with van der Waals surface area (Å²) in [5.74, 6) is 1.52. The number of hydrogen-bond donors (Lipinski definition) is 1. The highest BCUT2D eigenvalue weighted by atomic mass is 16.1. The van der Waals surface area contributed by atoms with E-state index in [1.807, 2.05) is 60.7 Å². The molecular weight excluding hydrogens is 458 g/mol. The number of aromatic nitrogens is 3. The van der Waals surface area contributed by atoms with Crippen LogP contribution in [0.2, 0.25) is 0 Å². The fraction of sp³-hybridized carbons (Fsp3) is 0.161. The molecule has 5 aromatic rings. The van der Waals surface area contributed by atoms with E-state index in [2.05, 4.69) is 54.4 Å². The second-order valence-electron chi connectivity index (χ2n) is 8.82. The first-order valence-electron chi connectivity index (χ1n) is 12.5. The van der Waals surface area contributed by atoms with E-state index >= 15 is 0 Å². The van der Waals surface area contributed by atoms with Gasteiger partial charge in [0, 0.05) is 42.4 Å². The van der Waals surface area contributed by atoms with Gasteiger partial charge in [0.05, 0.1) is 5.69 Å². The van der Waals surface area contributed by atoms with E-state index in [1.54, 1.807) is 0 Å². The van der Waals surface area contributed by atoms with E-state index in [1.165, 1.54) is 6.92 Å². The molecule has 0 aliphatic carbocycles. The van der Waals surface area contributed by atoms with Crippen LogP contribution in [0, 0.1) is 0 Å². The monoisotopic (exact) mass is 487 g/mol. The molecule has 6 nitrogen and oxygen atoms in total. The summed E-state index contributed by atoms with van der Waals surface area (Å²) >= 11 is 0. The van der Waals surface area contributed by atoms with Gasteiger partial charge in [-0.25, -0.2) is 15.0 Å². The van der Waals surface area contributed by atoms with Crippen LogP contribution in [0.4, 0.5) is 11.4 Å². The number of nitrogens with one attached hydrogen (secondary N) is 1. The molecule has 4 aromatic carbocycles. The van der Waals surface area contributed by atoms with Crippen molar-refractivity contribution >= 4 is 28.1 Å². The number of amides is 1. The van der Waals surface area contributed by atoms with Gasteiger partial charge in [0.25, 0.3) is 0 Å². The maximum Gasteiger partial charge on any atom is 0.221 e. The molecule has 184 valence electrons. The Balaban J connectivity index is 1.71. The highest BCUT2D eigenvalue weighted by Crippen LogP contribution is 2.33. The van der Waals surface area contributed by atoms with Gasteiger partial charge in [-0.05, 0) is 48.9 Å². The molecule has 1 heterocycles. The van der Waals surface area contributed by atoms with Gasteiger partial charge in [-0.1, -0.05) is 66.7 Å². The summed E-state index contributed by atoms with van der Waals surface area (Å²) < 4.78 is 0. The molecule has 5 rings (SSSR count). The predicted octanol–water partition coefficient (Wildman–Crippen LogP) is 6.83. The molecule has 1 aromatic heterocycles. The summed E-state index contributed by atoms with van der Waals surface area (Å²) in [7, 11) is 0. The molecule has 0 atom stereocenters. The van der Waals surface area contributed by atoms with Crippen LogP contribution in [-0.2, 0) is 4.79 Å². The lowest BCUT2D eigenvalue weighted by Gasteiger charge is -2.22. The highest BCUT2D eigenvalue weighted by Gasteiger charge is 2.17. The van der Waals surface area contributed by atoms with Crippen molar-refractivity contribution in [2.45, 2.75) is 20.8 Å². The van der Waals surface area contributed by atoms with Crippen molar-refractivity contribution in [2.75, 3.05) is 23.3 Å². The number of carbonyl (C=O) groups is 1. The van der Waals surface area contributed by atoms with Crippen molar-refractivity contribution in [2.24, 2.45) is 0 Å². The molecule has 0 saturated carbocycles. The number of benzene rings is 4. The first-order valence-corrected chi connectivity index (χ1v) is 12.5. The Hall–Kier alpha value is -4.58. The van der Waals surface area contributed by atoms with Crippen molar-refractivity contribution in [3.63, 3.8) is 0 Å². The minimum Gasteiger partial charge on any atom is -0.372 e. The Morgan fingerprint density at radius 3 is 2.05 bits per heavy atom. The number of nitrogens with zero attached hydrogens (tertiary/aromatic N) is 4. The lowest BCUT2D eigenvalue weighted by Crippen LogP contribution is -2.22. The largest absolute Gasteiger partial charge is 0.372 e. The first-order chi connectivity index (χ1) is 18.1. The summed E-state index contributed by atoms with van der Waals surface area (Å²) in [4.78, 5) is 29.0. The maximum absolute atomic E-state index is 12.1. The Bertz CT molecular complexity index is 1560. The van der Waals surface area contributed by atoms with E-state index in [0.29, 0.717) is 23.2 Å². The topological polar surface area (TPSA) is 71.0 Å². The second-order valence-corrected chi connectivity index (χ2v) is 8.82. The molecule has 0 spiro atoms. The number of anilines is 2. The number of carbonyl (C=O) groups excluding carboxylic acids is 1. The Morgan fingerprint density at radius 2 is 1.35 bits per heavy atom. The number of hydrogen-bond acceptors (Lipinski definition) is 5. The summed E-state index contributed by atoms with van der Waals surface area (Å²) in [6, 6.07) is 30.3. The van der Waals surface area contributed by atoms with Gasteiger partial charge in [0.15, 0.2) is 17.5 Å². The third-order valence-corrected chi connectivity index (χ3v) is 6.36. The highest BCUT2D eigenvalue weighted by molar-refractivity contribution is 5.94. The summed E-state index contributed by atoms with van der Waals surface area (Å²) in [6.45, 7) is 7.47. The normalized spacial score (nSPS) is 10.9. The average Bonchev–Trinajstić information content (AvgIpc) is 2.93. The molecule has 0 saturated heterocycles. The van der Waals surface area contributed by atoms with Crippen molar-refractivity contribution in [3.8, 4) is 34.2 Å². The zero-order valence-corrected chi connectivity index (χ0v) is 21.3.